The lowest BCUT2D eigenvalue weighted by atomic mass is 9.98. The molecule has 0 atom stereocenters. The van der Waals surface area contributed by atoms with Crippen molar-refractivity contribution in [3.8, 4) is 56.7 Å². The highest BCUT2D eigenvalue weighted by Gasteiger charge is 2.31. The van der Waals surface area contributed by atoms with E-state index in [1.807, 2.05) is 84.9 Å². The van der Waals surface area contributed by atoms with Gasteiger partial charge in [0.2, 0.25) is 0 Å². The number of hydrogen-bond donors (Lipinski definition) is 0. The van der Waals surface area contributed by atoms with Crippen LogP contribution in [0.3, 0.4) is 0 Å². The highest BCUT2D eigenvalue weighted by atomic mass is 19.4. The molecule has 11 rings (SSSR count). The summed E-state index contributed by atoms with van der Waals surface area (Å²) in [5, 5.41) is 3.41. The van der Waals surface area contributed by atoms with Gasteiger partial charge in [-0.3, -0.25) is 0 Å². The van der Waals surface area contributed by atoms with E-state index in [0.717, 1.165) is 85.4 Å². The van der Waals surface area contributed by atoms with Gasteiger partial charge in [-0.05, 0) is 73.5 Å². The number of nitrogens with zero attached hydrogens (tertiary/aromatic N) is 5. The lowest BCUT2D eigenvalue weighted by molar-refractivity contribution is -0.137. The molecule has 10 aromatic rings. The molecule has 1 aliphatic rings. The van der Waals surface area contributed by atoms with Crippen LogP contribution in [-0.2, 0) is 12.6 Å². The first kappa shape index (κ1) is 35.4. The van der Waals surface area contributed by atoms with E-state index in [1.165, 1.54) is 6.07 Å². The minimum absolute atomic E-state index is 0.434. The van der Waals surface area contributed by atoms with Crippen LogP contribution >= 0.6 is 0 Å². The topological polar surface area (TPSA) is 48.5 Å². The minimum Gasteiger partial charge on any atom is -0.312 e. The number of alkyl halides is 3. The van der Waals surface area contributed by atoms with E-state index in [-0.39, 0.29) is 0 Å². The van der Waals surface area contributed by atoms with Crippen LogP contribution in [0.25, 0.3) is 95.5 Å². The largest absolute Gasteiger partial charge is 0.424 e. The molecule has 8 heteroatoms. The Hall–Kier alpha value is -7.76. The van der Waals surface area contributed by atoms with Crippen LogP contribution < -0.4 is 0 Å². The number of allylic oxidation sites excluding steroid dienone is 1. The zero-order valence-corrected chi connectivity index (χ0v) is 31.9. The first-order chi connectivity index (χ1) is 29.4. The average Bonchev–Trinajstić information content (AvgIpc) is 3.82. The van der Waals surface area contributed by atoms with E-state index in [0.29, 0.717) is 34.2 Å². The van der Waals surface area contributed by atoms with Crippen LogP contribution in [0.15, 0.2) is 164 Å². The molecule has 1 aliphatic carbocycles. The third-order valence-corrected chi connectivity index (χ3v) is 11.3. The Bertz CT molecular complexity index is 3220. The van der Waals surface area contributed by atoms with E-state index in [1.54, 1.807) is 0 Å². The van der Waals surface area contributed by atoms with Crippen LogP contribution in [-0.4, -0.2) is 24.1 Å². The summed E-state index contributed by atoms with van der Waals surface area (Å²) >= 11 is 0. The lowest BCUT2D eigenvalue weighted by Crippen LogP contribution is -2.06. The highest BCUT2D eigenvalue weighted by Crippen LogP contribution is 2.45. The summed E-state index contributed by atoms with van der Waals surface area (Å²) in [6, 6.07) is 56.5. The SMILES string of the molecule is FC(F)(F)c1c#cc(-c2cc(-c3nc(-c4ccccc4)nc(-c4ccccc4)n3)ccc2-n2c3c(c4c5c6ccccc6n(-c6ccccc6)c5ccc42)C=CCC3)cc1. The van der Waals surface area contributed by atoms with Crippen molar-refractivity contribution in [2.45, 2.75) is 19.0 Å². The van der Waals surface area contributed by atoms with Crippen molar-refractivity contribution < 1.29 is 13.2 Å². The summed E-state index contributed by atoms with van der Waals surface area (Å²) < 4.78 is 46.3. The van der Waals surface area contributed by atoms with Gasteiger partial charge in [0, 0.05) is 60.9 Å². The number of hydrogen-bond acceptors (Lipinski definition) is 3. The van der Waals surface area contributed by atoms with E-state index in [4.69, 9.17) is 15.0 Å². The maximum absolute atomic E-state index is 13.9. The van der Waals surface area contributed by atoms with Gasteiger partial charge in [0.05, 0.1) is 22.2 Å². The molecular formula is C52H32F3N5. The van der Waals surface area contributed by atoms with Crippen molar-refractivity contribution >= 4 is 38.8 Å². The quantitative estimate of drug-likeness (QED) is 0.169. The number of rotatable bonds is 6. The van der Waals surface area contributed by atoms with Crippen LogP contribution in [0.5, 0.6) is 0 Å². The molecule has 0 bridgehead atoms. The Labute approximate surface area is 343 Å². The molecule has 0 fully saturated rings. The van der Waals surface area contributed by atoms with Crippen LogP contribution in [0, 0.1) is 12.1 Å². The van der Waals surface area contributed by atoms with Gasteiger partial charge in [0.25, 0.3) is 0 Å². The Balaban J connectivity index is 1.18. The molecule has 7 aromatic carbocycles. The fourth-order valence-corrected chi connectivity index (χ4v) is 8.63. The molecule has 0 spiro atoms. The van der Waals surface area contributed by atoms with Crippen LogP contribution in [0.1, 0.15) is 23.2 Å². The molecule has 286 valence electrons. The lowest BCUT2D eigenvalue weighted by Gasteiger charge is -2.18. The highest BCUT2D eigenvalue weighted by molar-refractivity contribution is 6.23. The molecule has 0 N–H and O–H groups in total. The summed E-state index contributed by atoms with van der Waals surface area (Å²) in [5.41, 5.74) is 9.92. The molecule has 5 nitrogen and oxygen atoms in total. The van der Waals surface area contributed by atoms with Crippen molar-refractivity contribution in [2.24, 2.45) is 0 Å². The minimum atomic E-state index is -4.56. The third kappa shape index (κ3) is 5.85. The summed E-state index contributed by atoms with van der Waals surface area (Å²) in [6.45, 7) is 0. The maximum Gasteiger partial charge on any atom is 0.424 e. The predicted molar refractivity (Wildman–Crippen MR) is 233 cm³/mol. The maximum atomic E-state index is 13.9. The van der Waals surface area contributed by atoms with Crippen molar-refractivity contribution in [1.82, 2.24) is 24.1 Å². The van der Waals surface area contributed by atoms with E-state index < -0.39 is 11.7 Å². The second-order valence-corrected chi connectivity index (χ2v) is 14.9. The monoisotopic (exact) mass is 783 g/mol. The molecule has 0 amide bonds. The van der Waals surface area contributed by atoms with Gasteiger partial charge in [-0.1, -0.05) is 121 Å². The summed E-state index contributed by atoms with van der Waals surface area (Å²) in [7, 11) is 0. The number of aromatic nitrogens is 5. The van der Waals surface area contributed by atoms with Crippen molar-refractivity contribution in [3.63, 3.8) is 0 Å². The molecule has 3 aromatic heterocycles. The van der Waals surface area contributed by atoms with E-state index >= 15 is 0 Å². The molecule has 0 radical (unpaired) electrons. The zero-order chi connectivity index (χ0) is 40.4. The normalized spacial score (nSPS) is 12.6. The van der Waals surface area contributed by atoms with Gasteiger partial charge in [-0.25, -0.2) is 15.0 Å². The number of para-hydroxylation sites is 2. The first-order valence-electron chi connectivity index (χ1n) is 19.8. The molecule has 60 heavy (non-hydrogen) atoms. The first-order valence-corrected chi connectivity index (χ1v) is 19.8. The Morgan fingerprint density at radius 2 is 1.15 bits per heavy atom. The van der Waals surface area contributed by atoms with Gasteiger partial charge < -0.3 is 9.13 Å². The van der Waals surface area contributed by atoms with Crippen molar-refractivity contribution in [2.75, 3.05) is 0 Å². The zero-order valence-electron chi connectivity index (χ0n) is 31.9. The number of fused-ring (bicyclic) bond motifs is 7. The number of benzene rings is 6. The summed E-state index contributed by atoms with van der Waals surface area (Å²) in [6.07, 6.45) is 1.51. The van der Waals surface area contributed by atoms with Gasteiger partial charge in [-0.2, -0.15) is 13.2 Å². The number of halogens is 3. The third-order valence-electron chi connectivity index (χ3n) is 11.3. The molecule has 0 saturated heterocycles. The van der Waals surface area contributed by atoms with E-state index in [9.17, 15) is 13.2 Å². The second kappa shape index (κ2) is 14.0. The fraction of sp³-hybridized carbons (Fsp3) is 0.0577. The Morgan fingerprint density at radius 3 is 1.80 bits per heavy atom. The van der Waals surface area contributed by atoms with Gasteiger partial charge in [0.15, 0.2) is 17.5 Å². The van der Waals surface area contributed by atoms with Gasteiger partial charge in [0.1, 0.15) is 5.56 Å². The predicted octanol–water partition coefficient (Wildman–Crippen LogP) is 13.2. The van der Waals surface area contributed by atoms with Crippen molar-refractivity contribution in [1.29, 1.82) is 0 Å². The molecule has 0 aliphatic heterocycles. The average molecular weight is 784 g/mol. The Morgan fingerprint density at radius 1 is 0.533 bits per heavy atom. The Kier molecular flexibility index (Phi) is 8.24. The summed E-state index contributed by atoms with van der Waals surface area (Å²) in [4.78, 5) is 14.8. The second-order valence-electron chi connectivity index (χ2n) is 14.9. The van der Waals surface area contributed by atoms with Crippen molar-refractivity contribution in [3.05, 3.63) is 193 Å². The van der Waals surface area contributed by atoms with Gasteiger partial charge in [-0.15, -0.1) is 0 Å². The standard InChI is InChI=1S/C52H32F3N5/c53-52(54,55)37-27-24-33(25-28-37)41-32-36(51-57-49(34-14-4-1-5-15-34)56-50(58-51)35-16-6-2-7-17-35)26-29-44(41)60-43-23-13-11-21-40(43)48-46(60)31-30-45-47(48)39-20-10-12-22-42(39)59(45)38-18-8-3-9-19-38/h1-12,14-22,24,26-27,29-32H,13,23H2. The molecule has 0 saturated carbocycles. The van der Waals surface area contributed by atoms with Gasteiger partial charge >= 0.3 is 6.18 Å². The fourth-order valence-electron chi connectivity index (χ4n) is 8.63. The summed E-state index contributed by atoms with van der Waals surface area (Å²) in [5.74, 6) is 1.45. The smallest absolute Gasteiger partial charge is 0.312 e. The van der Waals surface area contributed by atoms with Crippen LogP contribution in [0.4, 0.5) is 13.2 Å². The van der Waals surface area contributed by atoms with Crippen LogP contribution in [0.2, 0.25) is 0 Å². The molecule has 0 unspecified atom stereocenters. The molecular weight excluding hydrogens is 752 g/mol. The molecule has 3 heterocycles. The van der Waals surface area contributed by atoms with E-state index in [2.05, 4.69) is 94.1 Å².